The highest BCUT2D eigenvalue weighted by Gasteiger charge is 2.34. The first-order valence-corrected chi connectivity index (χ1v) is 10.8. The van der Waals surface area contributed by atoms with Crippen molar-refractivity contribution in [3.05, 3.63) is 51.7 Å². The average Bonchev–Trinajstić information content (AvgIpc) is 3.17. The molecular weight excluding hydrogens is 445 g/mol. The van der Waals surface area contributed by atoms with Crippen LogP contribution in [0.2, 0.25) is 5.28 Å². The van der Waals surface area contributed by atoms with Crippen molar-refractivity contribution in [2.45, 2.75) is 45.4 Å². The molecule has 2 amide bonds. The van der Waals surface area contributed by atoms with Crippen LogP contribution in [0.15, 0.2) is 18.2 Å². The van der Waals surface area contributed by atoms with Crippen molar-refractivity contribution in [1.29, 1.82) is 0 Å². The maximum absolute atomic E-state index is 14.6. The molecule has 0 aliphatic carbocycles. The number of alkyl halides is 2. The zero-order chi connectivity index (χ0) is 23.0. The Morgan fingerprint density at radius 3 is 2.75 bits per heavy atom. The Hall–Kier alpha value is -2.59. The van der Waals surface area contributed by atoms with Gasteiger partial charge in [0.2, 0.25) is 5.28 Å². The van der Waals surface area contributed by atoms with E-state index in [2.05, 4.69) is 20.6 Å². The summed E-state index contributed by atoms with van der Waals surface area (Å²) >= 11 is 6.10. The Balaban J connectivity index is 1.56. The number of hydrogen-bond donors (Lipinski definition) is 2. The first-order chi connectivity index (χ1) is 15.3. The summed E-state index contributed by atoms with van der Waals surface area (Å²) < 4.78 is 40.8. The lowest BCUT2D eigenvalue weighted by Crippen LogP contribution is -2.55. The topological polar surface area (TPSA) is 73.4 Å². The van der Waals surface area contributed by atoms with E-state index >= 15 is 0 Å². The van der Waals surface area contributed by atoms with Crippen molar-refractivity contribution < 1.29 is 18.0 Å². The molecule has 0 bridgehead atoms. The molecule has 3 heterocycles. The summed E-state index contributed by atoms with van der Waals surface area (Å²) in [4.78, 5) is 25.0. The predicted octanol–water partition coefficient (Wildman–Crippen LogP) is 4.11. The molecule has 2 atom stereocenters. The Bertz CT molecular complexity index is 1020. The van der Waals surface area contributed by atoms with E-state index in [0.717, 1.165) is 19.2 Å². The van der Waals surface area contributed by atoms with E-state index in [-0.39, 0.29) is 36.0 Å². The highest BCUT2D eigenvalue weighted by Crippen LogP contribution is 2.33. The third kappa shape index (κ3) is 4.33. The number of nitrogens with one attached hydrogen (secondary N) is 2. The molecule has 2 aliphatic rings. The van der Waals surface area contributed by atoms with Gasteiger partial charge in [-0.15, -0.1) is 0 Å². The lowest BCUT2D eigenvalue weighted by Gasteiger charge is -2.36. The van der Waals surface area contributed by atoms with Crippen LogP contribution in [0.25, 0.3) is 0 Å². The van der Waals surface area contributed by atoms with Crippen LogP contribution in [0.3, 0.4) is 0 Å². The minimum absolute atomic E-state index is 0.00917. The molecule has 0 radical (unpaired) electrons. The first kappa shape index (κ1) is 22.6. The Morgan fingerprint density at radius 1 is 1.28 bits per heavy atom. The maximum atomic E-state index is 14.6. The van der Waals surface area contributed by atoms with E-state index in [1.165, 1.54) is 12.1 Å². The molecule has 2 aliphatic heterocycles. The van der Waals surface area contributed by atoms with Gasteiger partial charge in [0.05, 0.1) is 30.4 Å². The molecule has 7 nitrogen and oxygen atoms in total. The number of piperazine rings is 1. The van der Waals surface area contributed by atoms with Crippen LogP contribution >= 0.6 is 11.6 Å². The van der Waals surface area contributed by atoms with Gasteiger partial charge in [0.25, 0.3) is 6.43 Å². The molecule has 1 saturated heterocycles. The van der Waals surface area contributed by atoms with Crippen LogP contribution in [0.5, 0.6) is 0 Å². The number of carbonyl (C=O) groups excluding carboxylic acids is 1. The van der Waals surface area contributed by atoms with E-state index in [1.54, 1.807) is 11.8 Å². The number of carbonyl (C=O) groups is 1. The predicted molar refractivity (Wildman–Crippen MR) is 114 cm³/mol. The van der Waals surface area contributed by atoms with Crippen molar-refractivity contribution in [2.75, 3.05) is 25.0 Å². The minimum atomic E-state index is -2.91. The number of fused-ring (bicyclic) bond motifs is 1. The van der Waals surface area contributed by atoms with Gasteiger partial charge in [-0.1, -0.05) is 18.2 Å². The van der Waals surface area contributed by atoms with Gasteiger partial charge < -0.3 is 20.4 Å². The van der Waals surface area contributed by atoms with Crippen LogP contribution < -0.4 is 10.6 Å². The van der Waals surface area contributed by atoms with Crippen molar-refractivity contribution >= 4 is 23.4 Å². The number of rotatable bonds is 4. The molecule has 1 fully saturated rings. The molecular formula is C21H24ClF3N6O. The quantitative estimate of drug-likeness (QED) is 0.661. The minimum Gasteiger partial charge on any atom is -0.363 e. The fourth-order valence-electron chi connectivity index (χ4n) is 4.14. The van der Waals surface area contributed by atoms with Gasteiger partial charge in [0.1, 0.15) is 11.6 Å². The fourth-order valence-corrected chi connectivity index (χ4v) is 4.33. The Morgan fingerprint density at radius 2 is 2.03 bits per heavy atom. The second kappa shape index (κ2) is 9.11. The van der Waals surface area contributed by atoms with Crippen molar-refractivity contribution in [3.8, 4) is 0 Å². The monoisotopic (exact) mass is 468 g/mol. The number of halogens is 4. The molecule has 11 heteroatoms. The van der Waals surface area contributed by atoms with E-state index in [4.69, 9.17) is 11.6 Å². The Labute approximate surface area is 189 Å². The van der Waals surface area contributed by atoms with Gasteiger partial charge in [-0.2, -0.15) is 0 Å². The number of hydrogen-bond acceptors (Lipinski definition) is 5. The van der Waals surface area contributed by atoms with Crippen molar-refractivity contribution in [1.82, 2.24) is 25.1 Å². The van der Waals surface area contributed by atoms with Gasteiger partial charge in [0.15, 0.2) is 0 Å². The van der Waals surface area contributed by atoms with E-state index in [0.29, 0.717) is 23.6 Å². The van der Waals surface area contributed by atoms with Gasteiger partial charge >= 0.3 is 6.03 Å². The van der Waals surface area contributed by atoms with Crippen LogP contribution in [-0.2, 0) is 13.1 Å². The van der Waals surface area contributed by atoms with E-state index in [1.807, 2.05) is 11.8 Å². The lowest BCUT2D eigenvalue weighted by molar-refractivity contribution is 0.125. The van der Waals surface area contributed by atoms with Crippen molar-refractivity contribution in [3.63, 3.8) is 0 Å². The highest BCUT2D eigenvalue weighted by atomic mass is 35.5. The number of nitrogens with zero attached hydrogens (tertiary/aromatic N) is 4. The molecule has 0 saturated carbocycles. The third-order valence-corrected chi connectivity index (χ3v) is 6.05. The molecule has 1 unspecified atom stereocenters. The van der Waals surface area contributed by atoms with Crippen molar-refractivity contribution in [2.24, 2.45) is 0 Å². The molecule has 4 rings (SSSR count). The zero-order valence-corrected chi connectivity index (χ0v) is 18.5. The summed E-state index contributed by atoms with van der Waals surface area (Å²) in [6.07, 6.45) is -2.91. The normalized spacial score (nSPS) is 19.3. The fraction of sp³-hybridized carbons (Fsp3) is 0.476. The summed E-state index contributed by atoms with van der Waals surface area (Å²) in [5, 5.41) is 6.32. The summed E-state index contributed by atoms with van der Waals surface area (Å²) in [5.41, 5.74) is 0.733. The van der Waals surface area contributed by atoms with Crippen LogP contribution in [-0.4, -0.2) is 51.5 Å². The van der Waals surface area contributed by atoms with Gasteiger partial charge in [-0.05, 0) is 25.4 Å². The zero-order valence-electron chi connectivity index (χ0n) is 17.7. The summed E-state index contributed by atoms with van der Waals surface area (Å²) in [6.45, 7) is 6.27. The first-order valence-electron chi connectivity index (χ1n) is 10.4. The Kier molecular flexibility index (Phi) is 6.43. The molecule has 172 valence electrons. The van der Waals surface area contributed by atoms with E-state index < -0.39 is 23.8 Å². The molecule has 2 aromatic rings. The molecule has 2 N–H and O–H groups in total. The summed E-state index contributed by atoms with van der Waals surface area (Å²) in [7, 11) is 0. The van der Waals surface area contributed by atoms with Crippen LogP contribution in [0, 0.1) is 5.82 Å². The number of amides is 2. The summed E-state index contributed by atoms with van der Waals surface area (Å²) in [5.74, 6) is -0.596. The van der Waals surface area contributed by atoms with Crippen LogP contribution in [0.1, 0.15) is 48.7 Å². The standard InChI is InChI=1S/C21H24ClF3N6O/c1-11-8-26-6-7-31(11)21(32)30-9-15-16(10-30)28-20(22)29-19(15)27-12(2)13-4-3-5-14(17(13)23)18(24)25/h3-5,11-12,18,26H,6-10H2,1-2H3,(H,27,28,29)/t11?,12-/m1/s1. The van der Waals surface area contributed by atoms with E-state index in [9.17, 15) is 18.0 Å². The molecule has 1 aromatic heterocycles. The second-order valence-electron chi connectivity index (χ2n) is 8.07. The van der Waals surface area contributed by atoms with Gasteiger partial charge in [-0.3, -0.25) is 0 Å². The lowest BCUT2D eigenvalue weighted by atomic mass is 10.0. The second-order valence-corrected chi connectivity index (χ2v) is 8.41. The smallest absolute Gasteiger partial charge is 0.320 e. The molecule has 1 aromatic carbocycles. The molecule has 0 spiro atoms. The molecule has 32 heavy (non-hydrogen) atoms. The number of aromatic nitrogens is 2. The number of anilines is 1. The SMILES string of the molecule is CC1CNCCN1C(=O)N1Cc2nc(Cl)nc(N[C@H](C)c3cccc(C(F)F)c3F)c2C1. The van der Waals surface area contributed by atoms with Gasteiger partial charge in [0, 0.05) is 36.8 Å². The largest absolute Gasteiger partial charge is 0.363 e. The van der Waals surface area contributed by atoms with Gasteiger partial charge in [-0.25, -0.2) is 27.9 Å². The summed E-state index contributed by atoms with van der Waals surface area (Å²) in [6, 6.07) is 3.21. The maximum Gasteiger partial charge on any atom is 0.320 e. The number of urea groups is 1. The third-order valence-electron chi connectivity index (χ3n) is 5.89. The van der Waals surface area contributed by atoms with Crippen LogP contribution in [0.4, 0.5) is 23.8 Å². The number of benzene rings is 1. The average molecular weight is 469 g/mol. The highest BCUT2D eigenvalue weighted by molar-refractivity contribution is 6.28.